The maximum absolute atomic E-state index is 14.7. The van der Waals surface area contributed by atoms with Crippen LogP contribution in [0.5, 0.6) is 0 Å². The van der Waals surface area contributed by atoms with Gasteiger partial charge in [-0.2, -0.15) is 0 Å². The lowest BCUT2D eigenvalue weighted by Crippen LogP contribution is -2.59. The number of benzene rings is 2. The van der Waals surface area contributed by atoms with Crippen LogP contribution in [0.4, 0.5) is 0 Å². The maximum Gasteiger partial charge on any atom is 0.247 e. The van der Waals surface area contributed by atoms with Crippen molar-refractivity contribution in [2.24, 2.45) is 16.1 Å². The van der Waals surface area contributed by atoms with Gasteiger partial charge in [-0.15, -0.1) is 44.6 Å². The Kier molecular flexibility index (Phi) is 21.7. The van der Waals surface area contributed by atoms with Crippen LogP contribution in [0.15, 0.2) is 59.0 Å². The molecule has 89 heavy (non-hydrogen) atoms. The van der Waals surface area contributed by atoms with Crippen molar-refractivity contribution in [1.29, 1.82) is 0 Å². The second-order valence-electron chi connectivity index (χ2n) is 22.5. The number of halogens is 1. The average Bonchev–Trinajstić information content (AvgIpc) is 1.62. The zero-order valence-electron chi connectivity index (χ0n) is 49.8. The van der Waals surface area contributed by atoms with Gasteiger partial charge in [0.25, 0.3) is 0 Å². The van der Waals surface area contributed by atoms with Gasteiger partial charge in [0.2, 0.25) is 65.0 Å². The summed E-state index contributed by atoms with van der Waals surface area (Å²) < 4.78 is 1.85. The molecule has 0 bridgehead atoms. The molecule has 0 unspecified atom stereocenters. The molecule has 0 spiro atoms. The highest BCUT2D eigenvalue weighted by atomic mass is 35.5. The number of thiazole rings is 1. The number of carbonyl (C=O) groups excluding carboxylic acids is 11. The fourth-order valence-electron chi connectivity index (χ4n) is 10.1. The molecule has 3 aromatic heterocycles. The van der Waals surface area contributed by atoms with Gasteiger partial charge in [0.15, 0.2) is 5.82 Å². The highest BCUT2D eigenvalue weighted by Crippen LogP contribution is 2.40. The van der Waals surface area contributed by atoms with Crippen LogP contribution in [-0.4, -0.2) is 170 Å². The van der Waals surface area contributed by atoms with E-state index in [1.807, 2.05) is 37.5 Å². The second-order valence-corrected chi connectivity index (χ2v) is 26.0. The van der Waals surface area contributed by atoms with Gasteiger partial charge in [0.05, 0.1) is 60.1 Å². The number of carbonyl (C=O) groups is 11. The van der Waals surface area contributed by atoms with E-state index in [2.05, 4.69) is 63.0 Å². The predicted octanol–water partition coefficient (Wildman–Crippen LogP) is 0.784. The van der Waals surface area contributed by atoms with Crippen molar-refractivity contribution in [1.82, 2.24) is 72.5 Å². The van der Waals surface area contributed by atoms with Crippen LogP contribution in [0, 0.1) is 33.1 Å². The van der Waals surface area contributed by atoms with Gasteiger partial charge >= 0.3 is 0 Å². The van der Waals surface area contributed by atoms with Crippen LogP contribution >= 0.6 is 46.0 Å². The Hall–Kier alpha value is -8.61. The number of aryl methyl sites for hydroxylation is 3. The molecular formula is C58H69ClN16O11S3. The van der Waals surface area contributed by atoms with E-state index in [0.29, 0.717) is 39.9 Å². The summed E-state index contributed by atoms with van der Waals surface area (Å²) in [7, 11) is 0. The van der Waals surface area contributed by atoms with E-state index in [1.54, 1.807) is 69.6 Å². The van der Waals surface area contributed by atoms with Crippen molar-refractivity contribution in [3.63, 3.8) is 0 Å². The van der Waals surface area contributed by atoms with Crippen LogP contribution in [-0.2, 0) is 52.7 Å². The summed E-state index contributed by atoms with van der Waals surface area (Å²) in [6, 6.07) is 5.99. The molecular weight excluding hydrogens is 1230 g/mol. The minimum Gasteiger partial charge on any atom is -0.368 e. The normalized spacial score (nSPS) is 20.5. The minimum absolute atomic E-state index is 0.157. The number of aromatic nitrogens is 4. The highest BCUT2D eigenvalue weighted by Gasteiger charge is 2.43. The molecule has 6 atom stereocenters. The maximum atomic E-state index is 14.7. The molecule has 0 saturated carbocycles. The summed E-state index contributed by atoms with van der Waals surface area (Å²) >= 11 is 10.1. The van der Waals surface area contributed by atoms with Gasteiger partial charge in [-0.1, -0.05) is 68.8 Å². The van der Waals surface area contributed by atoms with Gasteiger partial charge in [-0.05, 0) is 74.8 Å². The third-order valence-corrected chi connectivity index (χ3v) is 18.3. The molecule has 3 aliphatic heterocycles. The van der Waals surface area contributed by atoms with Gasteiger partial charge in [0.1, 0.15) is 47.1 Å². The zero-order chi connectivity index (χ0) is 64.4. The Labute approximate surface area is 529 Å². The zero-order valence-corrected chi connectivity index (χ0v) is 53.0. The Morgan fingerprint density at radius 3 is 2.13 bits per heavy atom. The number of nitrogens with one attached hydrogen (secondary N) is 9. The van der Waals surface area contributed by atoms with Crippen LogP contribution < -0.4 is 53.6 Å². The first kappa shape index (κ1) is 66.3. The molecule has 2 fully saturated rings. The van der Waals surface area contributed by atoms with Crippen LogP contribution in [0.3, 0.4) is 0 Å². The Morgan fingerprint density at radius 1 is 0.775 bits per heavy atom. The van der Waals surface area contributed by atoms with Crippen molar-refractivity contribution < 1.29 is 52.7 Å². The molecule has 472 valence electrons. The quantitative estimate of drug-likeness (QED) is 0.0735. The third-order valence-electron chi connectivity index (χ3n) is 14.9. The molecule has 8 rings (SSSR count). The second kappa shape index (κ2) is 29.1. The predicted molar refractivity (Wildman–Crippen MR) is 333 cm³/mol. The highest BCUT2D eigenvalue weighted by molar-refractivity contribution is 8.00. The summed E-state index contributed by atoms with van der Waals surface area (Å²) in [4.78, 5) is 164. The number of amides is 11. The third kappa shape index (κ3) is 16.6. The fraction of sp³-hybridized carbons (Fsp3) is 0.431. The molecule has 31 heteroatoms. The molecule has 6 heterocycles. The van der Waals surface area contributed by atoms with E-state index in [-0.39, 0.29) is 30.9 Å². The number of rotatable bonds is 14. The molecule has 11 amide bonds. The molecule has 2 saturated heterocycles. The van der Waals surface area contributed by atoms with E-state index in [1.165, 1.54) is 27.6 Å². The number of hydrogen-bond donors (Lipinski definition) is 10. The minimum atomic E-state index is -1.70. The fourth-order valence-corrected chi connectivity index (χ4v) is 13.1. The SMILES string of the molecule is Cc1ncsc1-c1ccc([C@H]2NC(=O)[C@@H]3CCCN3C(=O)[C@H](C(C)(C)C)NC(=O)CSC[C@H](C(=O)NCC(=O)NCC(=O)NCC(N)=O)NC(=O)[C@@H](CNC(=O)C[C@@H]3N=C(c4ccc(Cl)cc4)c4c(sc(C)c4C)-n4c(C)nnc43)NC(=O)CNC2=O)cc1. The topological polar surface area (TPSA) is 381 Å². The van der Waals surface area contributed by atoms with Crippen molar-refractivity contribution in [3.8, 4) is 15.4 Å². The first-order valence-corrected chi connectivity index (χ1v) is 31.6. The molecule has 2 aromatic carbocycles. The smallest absolute Gasteiger partial charge is 0.247 e. The van der Waals surface area contributed by atoms with Crippen LogP contribution in [0.25, 0.3) is 15.4 Å². The van der Waals surface area contributed by atoms with E-state index in [9.17, 15) is 52.7 Å². The number of thioether (sulfide) groups is 1. The standard InChI is InChI=1S/C58H69ClN16O11S3/c1-28-30(3)89-57-46(28)47(32-14-16-35(59)17-15-32)68-36(51-73-72-31(4)75(51)57)19-41(77)61-20-37-53(83)69-38(52(82)64-23-43(79)63-22-42(78)62-21-40(60)76)25-87-26-45(81)70-50(58(5,6)7)56(86)74-18-8-9-39(74)54(84)71-48(55(85)65-24-44(80)67-37)33-10-12-34(13-11-33)49-29(2)66-27-88-49/h10-17,27,36-39,48,50H,8-9,18-26H2,1-7H3,(H2,60,76)(H,61,77)(H,62,78)(H,63,79)(H,64,82)(H,65,85)(H,67,80)(H,69,83)(H,70,81)(H,71,84)/t36-,37+,38+,39-,48+,50+/m0/s1. The summed E-state index contributed by atoms with van der Waals surface area (Å²) in [6.07, 6.45) is 0.300. The lowest BCUT2D eigenvalue weighted by atomic mass is 9.85. The molecule has 0 radical (unpaired) electrons. The summed E-state index contributed by atoms with van der Waals surface area (Å²) in [5, 5.41) is 33.0. The van der Waals surface area contributed by atoms with Crippen LogP contribution in [0.2, 0.25) is 5.02 Å². The largest absolute Gasteiger partial charge is 0.368 e. The van der Waals surface area contributed by atoms with Crippen molar-refractivity contribution in [2.75, 3.05) is 50.8 Å². The summed E-state index contributed by atoms with van der Waals surface area (Å²) in [5.74, 6) is -8.60. The summed E-state index contributed by atoms with van der Waals surface area (Å²) in [6.45, 7) is 9.77. The van der Waals surface area contributed by atoms with E-state index < -0.39 is 139 Å². The molecule has 27 nitrogen and oxygen atoms in total. The molecule has 0 aliphatic carbocycles. The number of thiophene rings is 1. The van der Waals surface area contributed by atoms with E-state index >= 15 is 0 Å². The van der Waals surface area contributed by atoms with E-state index in [4.69, 9.17) is 22.3 Å². The first-order chi connectivity index (χ1) is 42.3. The number of primary amides is 1. The van der Waals surface area contributed by atoms with E-state index in [0.717, 1.165) is 48.9 Å². The number of aliphatic imine (C=N–C) groups is 1. The van der Waals surface area contributed by atoms with Crippen LogP contribution in [0.1, 0.15) is 96.6 Å². The van der Waals surface area contributed by atoms with Crippen molar-refractivity contribution in [3.05, 3.63) is 104 Å². The van der Waals surface area contributed by atoms with Gasteiger partial charge in [-0.3, -0.25) is 62.3 Å². The Balaban J connectivity index is 1.09. The van der Waals surface area contributed by atoms with Gasteiger partial charge in [0, 0.05) is 39.9 Å². The number of nitrogens with two attached hydrogens (primary N) is 1. The molecule has 11 N–H and O–H groups in total. The van der Waals surface area contributed by atoms with Gasteiger partial charge in [-0.25, -0.2) is 4.98 Å². The Bertz CT molecular complexity index is 3600. The van der Waals surface area contributed by atoms with Crippen molar-refractivity contribution >= 4 is 117 Å². The Morgan fingerprint density at radius 2 is 1.46 bits per heavy atom. The lowest BCUT2D eigenvalue weighted by molar-refractivity contribution is -0.144. The molecule has 5 aromatic rings. The number of nitrogens with zero attached hydrogens (tertiary/aromatic N) is 6. The molecule has 3 aliphatic rings. The lowest BCUT2D eigenvalue weighted by Gasteiger charge is -2.35. The number of fused-ring (bicyclic) bond motifs is 4. The monoisotopic (exact) mass is 1300 g/mol. The van der Waals surface area contributed by atoms with Crippen molar-refractivity contribution in [2.45, 2.75) is 104 Å². The average molecular weight is 1300 g/mol. The van der Waals surface area contributed by atoms with Gasteiger partial charge < -0.3 is 58.5 Å². The summed E-state index contributed by atoms with van der Waals surface area (Å²) in [5.41, 5.74) is 10.8. The first-order valence-electron chi connectivity index (χ1n) is 28.4. The number of hydrogen-bond acceptors (Lipinski definition) is 18.